The van der Waals surface area contributed by atoms with E-state index in [2.05, 4.69) is 25.6 Å². The summed E-state index contributed by atoms with van der Waals surface area (Å²) in [4.78, 5) is 26.7. The number of anilines is 3. The van der Waals surface area contributed by atoms with Crippen LogP contribution < -0.4 is 20.3 Å². The average Bonchev–Trinajstić information content (AvgIpc) is 3.00. The van der Waals surface area contributed by atoms with Gasteiger partial charge >= 0.3 is 12.2 Å². The predicted octanol–water partition coefficient (Wildman–Crippen LogP) is 4.42. The Morgan fingerprint density at radius 2 is 2.00 bits per heavy atom. The van der Waals surface area contributed by atoms with Gasteiger partial charge in [0, 0.05) is 24.7 Å². The van der Waals surface area contributed by atoms with E-state index < -0.39 is 17.8 Å². The molecule has 2 N–H and O–H groups in total. The Balaban J connectivity index is 1.71. The van der Waals surface area contributed by atoms with Gasteiger partial charge in [0.15, 0.2) is 5.82 Å². The molecule has 4 rings (SSSR count). The normalized spacial score (nSPS) is 13.6. The zero-order chi connectivity index (χ0) is 22.7. The Bertz CT molecular complexity index is 1140. The molecule has 1 aromatic carbocycles. The average molecular weight is 444 g/mol. The Kier molecular flexibility index (Phi) is 5.80. The second-order valence-electron chi connectivity index (χ2n) is 6.92. The third-order valence-corrected chi connectivity index (χ3v) is 4.84. The second-order valence-corrected chi connectivity index (χ2v) is 6.92. The lowest BCUT2D eigenvalue weighted by atomic mass is 10.0. The SMILES string of the molecule is COc1cc(NC(=O)N2CCCNc3ccc(-c4ccccc4C(F)(F)F)nc32)ncn1. The van der Waals surface area contributed by atoms with Crippen molar-refractivity contribution in [1.82, 2.24) is 15.0 Å². The van der Waals surface area contributed by atoms with Gasteiger partial charge in [-0.25, -0.2) is 19.7 Å². The van der Waals surface area contributed by atoms with E-state index >= 15 is 0 Å². The number of alkyl halides is 3. The third kappa shape index (κ3) is 4.41. The molecule has 8 nitrogen and oxygen atoms in total. The smallest absolute Gasteiger partial charge is 0.417 e. The first-order valence-corrected chi connectivity index (χ1v) is 9.73. The van der Waals surface area contributed by atoms with Gasteiger partial charge in [0.25, 0.3) is 0 Å². The number of carbonyl (C=O) groups excluding carboxylic acids is 1. The van der Waals surface area contributed by atoms with Gasteiger partial charge in [0.1, 0.15) is 12.1 Å². The van der Waals surface area contributed by atoms with Crippen LogP contribution in [-0.2, 0) is 6.18 Å². The molecule has 1 aliphatic heterocycles. The number of halogens is 3. The van der Waals surface area contributed by atoms with Crippen molar-refractivity contribution in [2.24, 2.45) is 0 Å². The van der Waals surface area contributed by atoms with Crippen molar-refractivity contribution in [3.63, 3.8) is 0 Å². The van der Waals surface area contributed by atoms with Gasteiger partial charge in [-0.2, -0.15) is 13.2 Å². The molecule has 0 spiro atoms. The molecule has 0 saturated heterocycles. The minimum atomic E-state index is -4.54. The van der Waals surface area contributed by atoms with Crippen LogP contribution in [0.5, 0.6) is 5.88 Å². The van der Waals surface area contributed by atoms with Gasteiger partial charge in [-0.15, -0.1) is 0 Å². The molecule has 0 fully saturated rings. The Morgan fingerprint density at radius 3 is 2.78 bits per heavy atom. The van der Waals surface area contributed by atoms with Crippen LogP contribution in [0.2, 0.25) is 0 Å². The maximum Gasteiger partial charge on any atom is 0.417 e. The van der Waals surface area contributed by atoms with Crippen LogP contribution in [0.1, 0.15) is 12.0 Å². The molecule has 3 heterocycles. The van der Waals surface area contributed by atoms with E-state index in [1.54, 1.807) is 6.07 Å². The van der Waals surface area contributed by atoms with Crippen molar-refractivity contribution < 1.29 is 22.7 Å². The number of carbonyl (C=O) groups is 1. The maximum atomic E-state index is 13.5. The van der Waals surface area contributed by atoms with Crippen LogP contribution in [0.3, 0.4) is 0 Å². The molecule has 11 heteroatoms. The summed E-state index contributed by atoms with van der Waals surface area (Å²) in [5, 5.41) is 5.82. The minimum absolute atomic E-state index is 0.0621. The summed E-state index contributed by atoms with van der Waals surface area (Å²) in [6.45, 7) is 0.893. The van der Waals surface area contributed by atoms with Crippen LogP contribution in [0, 0.1) is 0 Å². The molecule has 1 aliphatic rings. The lowest BCUT2D eigenvalue weighted by Crippen LogP contribution is -2.36. The van der Waals surface area contributed by atoms with E-state index in [0.717, 1.165) is 6.07 Å². The number of rotatable bonds is 3. The van der Waals surface area contributed by atoms with E-state index in [4.69, 9.17) is 4.74 Å². The second kappa shape index (κ2) is 8.69. The number of ether oxygens (including phenoxy) is 1. The number of nitrogens with zero attached hydrogens (tertiary/aromatic N) is 4. The Hall–Kier alpha value is -3.89. The van der Waals surface area contributed by atoms with Gasteiger partial charge in [-0.3, -0.25) is 10.2 Å². The highest BCUT2D eigenvalue weighted by molar-refractivity contribution is 6.03. The van der Waals surface area contributed by atoms with Gasteiger partial charge < -0.3 is 10.1 Å². The fourth-order valence-corrected chi connectivity index (χ4v) is 3.36. The summed E-state index contributed by atoms with van der Waals surface area (Å²) in [5.41, 5.74) is -0.195. The largest absolute Gasteiger partial charge is 0.481 e. The van der Waals surface area contributed by atoms with Gasteiger partial charge in [0.05, 0.1) is 24.1 Å². The molecule has 0 unspecified atom stereocenters. The monoisotopic (exact) mass is 444 g/mol. The van der Waals surface area contributed by atoms with Crippen molar-refractivity contribution in [1.29, 1.82) is 0 Å². The fraction of sp³-hybridized carbons (Fsp3) is 0.238. The highest BCUT2D eigenvalue weighted by Crippen LogP contribution is 2.38. The molecule has 2 aromatic heterocycles. The zero-order valence-corrected chi connectivity index (χ0v) is 17.0. The van der Waals surface area contributed by atoms with Crippen LogP contribution in [0.25, 0.3) is 11.3 Å². The number of nitrogens with one attached hydrogen (secondary N) is 2. The molecule has 3 aromatic rings. The highest BCUT2D eigenvalue weighted by Gasteiger charge is 2.34. The van der Waals surface area contributed by atoms with Crippen LogP contribution in [0.4, 0.5) is 35.3 Å². The maximum absolute atomic E-state index is 13.5. The Labute approximate surface area is 181 Å². The number of amides is 2. The number of pyridine rings is 1. The van der Waals surface area contributed by atoms with Crippen molar-refractivity contribution in [3.8, 4) is 17.1 Å². The van der Waals surface area contributed by atoms with Crippen LogP contribution >= 0.6 is 0 Å². The number of hydrogen-bond donors (Lipinski definition) is 2. The molecule has 0 saturated carbocycles. The third-order valence-electron chi connectivity index (χ3n) is 4.84. The van der Waals surface area contributed by atoms with Crippen LogP contribution in [-0.4, -0.2) is 41.2 Å². The number of methoxy groups -OCH3 is 1. The van der Waals surface area contributed by atoms with E-state index in [0.29, 0.717) is 25.2 Å². The molecule has 0 aliphatic carbocycles. The molecule has 166 valence electrons. The van der Waals surface area contributed by atoms with Gasteiger partial charge in [-0.05, 0) is 24.6 Å². The summed E-state index contributed by atoms with van der Waals surface area (Å²) >= 11 is 0. The van der Waals surface area contributed by atoms with E-state index in [1.807, 2.05) is 0 Å². The predicted molar refractivity (Wildman–Crippen MR) is 113 cm³/mol. The number of benzene rings is 1. The van der Waals surface area contributed by atoms with Crippen molar-refractivity contribution in [3.05, 3.63) is 54.4 Å². The van der Waals surface area contributed by atoms with Crippen molar-refractivity contribution in [2.75, 3.05) is 35.7 Å². The molecule has 0 atom stereocenters. The first-order chi connectivity index (χ1) is 15.4. The molecule has 0 bridgehead atoms. The minimum Gasteiger partial charge on any atom is -0.481 e. The zero-order valence-electron chi connectivity index (χ0n) is 17.0. The quantitative estimate of drug-likeness (QED) is 0.621. The summed E-state index contributed by atoms with van der Waals surface area (Å²) in [7, 11) is 1.44. The first-order valence-electron chi connectivity index (χ1n) is 9.73. The lowest BCUT2D eigenvalue weighted by Gasteiger charge is -2.22. The standard InChI is InChI=1S/C21H19F3N6O2/c1-32-18-11-17(26-12-27-18)29-20(31)30-10-4-9-25-16-8-7-15(28-19(16)30)13-5-2-3-6-14(13)21(22,23)24/h2-3,5-8,11-12,25H,4,9-10H2,1H3,(H,26,27,29,31). The molecular formula is C21H19F3N6O2. The Morgan fingerprint density at radius 1 is 1.19 bits per heavy atom. The molecule has 32 heavy (non-hydrogen) atoms. The fourth-order valence-electron chi connectivity index (χ4n) is 3.36. The van der Waals surface area contributed by atoms with Crippen molar-refractivity contribution in [2.45, 2.75) is 12.6 Å². The van der Waals surface area contributed by atoms with Crippen molar-refractivity contribution >= 4 is 23.4 Å². The number of aromatic nitrogens is 3. The lowest BCUT2D eigenvalue weighted by molar-refractivity contribution is -0.137. The summed E-state index contributed by atoms with van der Waals surface area (Å²) in [6.07, 6.45) is -2.67. The summed E-state index contributed by atoms with van der Waals surface area (Å²) < 4.78 is 45.6. The van der Waals surface area contributed by atoms with Gasteiger partial charge in [0.2, 0.25) is 5.88 Å². The molecule has 2 amide bonds. The molecular weight excluding hydrogens is 425 g/mol. The number of urea groups is 1. The topological polar surface area (TPSA) is 92.3 Å². The van der Waals surface area contributed by atoms with Crippen LogP contribution in [0.15, 0.2) is 48.8 Å². The van der Waals surface area contributed by atoms with E-state index in [1.165, 1.54) is 48.7 Å². The summed E-state index contributed by atoms with van der Waals surface area (Å²) in [5.74, 6) is 0.729. The van der Waals surface area contributed by atoms with Gasteiger partial charge in [-0.1, -0.05) is 18.2 Å². The number of fused-ring (bicyclic) bond motifs is 1. The van der Waals surface area contributed by atoms with E-state index in [9.17, 15) is 18.0 Å². The summed E-state index contributed by atoms with van der Waals surface area (Å²) in [6, 6.07) is 9.28. The number of hydrogen-bond acceptors (Lipinski definition) is 6. The molecule has 0 radical (unpaired) electrons. The highest BCUT2D eigenvalue weighted by atomic mass is 19.4. The first kappa shape index (κ1) is 21.3. The van der Waals surface area contributed by atoms with E-state index in [-0.39, 0.29) is 28.8 Å².